The zero-order valence-corrected chi connectivity index (χ0v) is 15.7. The van der Waals surface area contributed by atoms with Gasteiger partial charge in [0.2, 0.25) is 0 Å². The van der Waals surface area contributed by atoms with Crippen LogP contribution < -0.4 is 10.1 Å². The maximum absolute atomic E-state index is 14.3. The second kappa shape index (κ2) is 9.10. The first-order chi connectivity index (χ1) is 14.0. The molecule has 0 bridgehead atoms. The summed E-state index contributed by atoms with van der Waals surface area (Å²) in [4.78, 5) is 23.9. The number of carbonyl (C=O) groups excluding carboxylic acids is 2. The van der Waals surface area contributed by atoms with E-state index in [0.29, 0.717) is 29.4 Å². The Morgan fingerprint density at radius 2 is 1.66 bits per heavy atom. The molecule has 0 aromatic heterocycles. The number of rotatable bonds is 7. The summed E-state index contributed by atoms with van der Waals surface area (Å²) < 4.78 is 33.5. The molecule has 3 rings (SSSR count). The number of hydrogen-bond acceptors (Lipinski definition) is 3. The highest BCUT2D eigenvalue weighted by atomic mass is 19.1. The third-order valence-electron chi connectivity index (χ3n) is 4.27. The number of nitrogens with one attached hydrogen (secondary N) is 1. The largest absolute Gasteiger partial charge is 0.484 e. The molecule has 29 heavy (non-hydrogen) atoms. The summed E-state index contributed by atoms with van der Waals surface area (Å²) in [6.07, 6.45) is 0.398. The average molecular weight is 395 g/mol. The van der Waals surface area contributed by atoms with Gasteiger partial charge >= 0.3 is 0 Å². The van der Waals surface area contributed by atoms with Gasteiger partial charge in [-0.2, -0.15) is 0 Å². The molecule has 0 saturated carbocycles. The Balaban J connectivity index is 1.72. The second-order valence-corrected chi connectivity index (χ2v) is 6.31. The van der Waals surface area contributed by atoms with Crippen LogP contribution in [-0.2, 0) is 4.79 Å². The molecule has 0 spiro atoms. The molecule has 0 atom stereocenters. The molecule has 3 aromatic carbocycles. The molecule has 4 nitrogen and oxygen atoms in total. The zero-order chi connectivity index (χ0) is 20.8. The highest BCUT2D eigenvalue weighted by Gasteiger charge is 2.16. The SMILES string of the molecule is CCC(=O)c1ccc(OCC(=O)Nc2c(F)cc(F)cc2-c2ccccc2)cc1. The topological polar surface area (TPSA) is 55.4 Å². The standard InChI is InChI=1S/C23H19F2NO3/c1-2-21(27)16-8-10-18(11-9-16)29-14-22(28)26-23-19(12-17(24)13-20(23)25)15-6-4-3-5-7-15/h3-13H,2,14H2,1H3,(H,26,28). The second-order valence-electron chi connectivity index (χ2n) is 6.31. The Hall–Kier alpha value is -3.54. The molecule has 3 aromatic rings. The molecule has 1 amide bonds. The molecule has 0 saturated heterocycles. The van der Waals surface area contributed by atoms with Crippen LogP contribution in [0.15, 0.2) is 66.7 Å². The average Bonchev–Trinajstić information content (AvgIpc) is 2.74. The fraction of sp³-hybridized carbons (Fsp3) is 0.130. The van der Waals surface area contributed by atoms with Crippen LogP contribution in [0.4, 0.5) is 14.5 Å². The summed E-state index contributed by atoms with van der Waals surface area (Å²) in [6.45, 7) is 1.40. The minimum Gasteiger partial charge on any atom is -0.484 e. The number of anilines is 1. The molecule has 0 unspecified atom stereocenters. The van der Waals surface area contributed by atoms with Gasteiger partial charge in [-0.15, -0.1) is 0 Å². The van der Waals surface area contributed by atoms with E-state index in [1.54, 1.807) is 61.5 Å². The summed E-state index contributed by atoms with van der Waals surface area (Å²) in [5.74, 6) is -1.80. The Morgan fingerprint density at radius 3 is 2.31 bits per heavy atom. The molecule has 0 aliphatic rings. The van der Waals surface area contributed by atoms with Crippen LogP contribution in [0.2, 0.25) is 0 Å². The van der Waals surface area contributed by atoms with Gasteiger partial charge in [0, 0.05) is 23.6 Å². The summed E-state index contributed by atoms with van der Waals surface area (Å²) in [7, 11) is 0. The number of benzene rings is 3. The van der Waals surface area contributed by atoms with Crippen molar-refractivity contribution in [1.29, 1.82) is 0 Å². The Bertz CT molecular complexity index is 1020. The first kappa shape index (κ1) is 20.2. The quantitative estimate of drug-likeness (QED) is 0.557. The van der Waals surface area contributed by atoms with E-state index in [4.69, 9.17) is 4.74 Å². The van der Waals surface area contributed by atoms with Crippen molar-refractivity contribution in [3.8, 4) is 16.9 Å². The normalized spacial score (nSPS) is 10.4. The molecule has 0 heterocycles. The van der Waals surface area contributed by atoms with Gasteiger partial charge in [-0.3, -0.25) is 9.59 Å². The maximum atomic E-state index is 14.3. The van der Waals surface area contributed by atoms with Crippen LogP contribution in [0.3, 0.4) is 0 Å². The number of ketones is 1. The van der Waals surface area contributed by atoms with Crippen molar-refractivity contribution in [2.24, 2.45) is 0 Å². The third-order valence-corrected chi connectivity index (χ3v) is 4.27. The molecule has 6 heteroatoms. The predicted octanol–water partition coefficient (Wildman–Crippen LogP) is 5.24. The van der Waals surface area contributed by atoms with Gasteiger partial charge in [-0.05, 0) is 35.9 Å². The monoisotopic (exact) mass is 395 g/mol. The van der Waals surface area contributed by atoms with Gasteiger partial charge in [-0.25, -0.2) is 8.78 Å². The predicted molar refractivity (Wildman–Crippen MR) is 107 cm³/mol. The van der Waals surface area contributed by atoms with E-state index in [9.17, 15) is 18.4 Å². The van der Waals surface area contributed by atoms with Crippen molar-refractivity contribution in [1.82, 2.24) is 0 Å². The number of carbonyl (C=O) groups is 2. The van der Waals surface area contributed by atoms with Gasteiger partial charge in [-0.1, -0.05) is 37.3 Å². The molecular weight excluding hydrogens is 376 g/mol. The zero-order valence-electron chi connectivity index (χ0n) is 15.7. The van der Waals surface area contributed by atoms with Gasteiger partial charge in [0.05, 0.1) is 5.69 Å². The van der Waals surface area contributed by atoms with Crippen molar-refractivity contribution in [2.45, 2.75) is 13.3 Å². The van der Waals surface area contributed by atoms with Crippen LogP contribution in [0.1, 0.15) is 23.7 Å². The van der Waals surface area contributed by atoms with E-state index in [0.717, 1.165) is 0 Å². The number of ether oxygens (including phenoxy) is 1. The molecule has 1 N–H and O–H groups in total. The van der Waals surface area contributed by atoms with E-state index >= 15 is 0 Å². The first-order valence-corrected chi connectivity index (χ1v) is 9.08. The van der Waals surface area contributed by atoms with Crippen molar-refractivity contribution < 1.29 is 23.1 Å². The number of halogens is 2. The van der Waals surface area contributed by atoms with Crippen molar-refractivity contribution in [3.05, 3.63) is 83.9 Å². The van der Waals surface area contributed by atoms with E-state index in [1.807, 2.05) is 0 Å². The van der Waals surface area contributed by atoms with E-state index in [2.05, 4.69) is 5.32 Å². The Labute approximate surface area is 167 Å². The van der Waals surface area contributed by atoms with Crippen LogP contribution in [0.25, 0.3) is 11.1 Å². The number of hydrogen-bond donors (Lipinski definition) is 1. The van der Waals surface area contributed by atoms with Gasteiger partial charge in [0.1, 0.15) is 17.4 Å². The van der Waals surface area contributed by atoms with Crippen LogP contribution >= 0.6 is 0 Å². The highest BCUT2D eigenvalue weighted by Crippen LogP contribution is 2.31. The third kappa shape index (κ3) is 5.04. The Morgan fingerprint density at radius 1 is 0.966 bits per heavy atom. The lowest BCUT2D eigenvalue weighted by molar-refractivity contribution is -0.118. The molecule has 148 valence electrons. The smallest absolute Gasteiger partial charge is 0.262 e. The first-order valence-electron chi connectivity index (χ1n) is 9.08. The fourth-order valence-electron chi connectivity index (χ4n) is 2.81. The minimum atomic E-state index is -0.875. The van der Waals surface area contributed by atoms with Gasteiger partial charge in [0.15, 0.2) is 12.4 Å². The molecule has 0 aliphatic carbocycles. The van der Waals surface area contributed by atoms with Crippen molar-refractivity contribution in [3.63, 3.8) is 0 Å². The maximum Gasteiger partial charge on any atom is 0.262 e. The van der Waals surface area contributed by atoms with Gasteiger partial charge in [0.25, 0.3) is 5.91 Å². The van der Waals surface area contributed by atoms with Crippen LogP contribution in [0, 0.1) is 11.6 Å². The summed E-state index contributed by atoms with van der Waals surface area (Å²) >= 11 is 0. The van der Waals surface area contributed by atoms with Crippen LogP contribution in [-0.4, -0.2) is 18.3 Å². The van der Waals surface area contributed by atoms with Crippen molar-refractivity contribution >= 4 is 17.4 Å². The van der Waals surface area contributed by atoms with Gasteiger partial charge < -0.3 is 10.1 Å². The van der Waals surface area contributed by atoms with E-state index < -0.39 is 17.5 Å². The lowest BCUT2D eigenvalue weighted by Crippen LogP contribution is -2.21. The fourth-order valence-corrected chi connectivity index (χ4v) is 2.81. The number of Topliss-reactive ketones (excluding diaryl/α,β-unsaturated/α-hetero) is 1. The highest BCUT2D eigenvalue weighted by molar-refractivity contribution is 5.97. The summed E-state index contributed by atoms with van der Waals surface area (Å²) in [6, 6.07) is 16.9. The summed E-state index contributed by atoms with van der Waals surface area (Å²) in [5, 5.41) is 2.45. The number of amides is 1. The molecular formula is C23H19F2NO3. The summed E-state index contributed by atoms with van der Waals surface area (Å²) in [5.41, 5.74) is 1.25. The molecule has 0 fully saturated rings. The van der Waals surface area contributed by atoms with Crippen molar-refractivity contribution in [2.75, 3.05) is 11.9 Å². The lowest BCUT2D eigenvalue weighted by atomic mass is 10.0. The van der Waals surface area contributed by atoms with E-state index in [1.165, 1.54) is 6.07 Å². The van der Waals surface area contributed by atoms with E-state index in [-0.39, 0.29) is 23.6 Å². The Kier molecular flexibility index (Phi) is 6.34. The minimum absolute atomic E-state index is 0.00881. The lowest BCUT2D eigenvalue weighted by Gasteiger charge is -2.13. The molecule has 0 aliphatic heterocycles. The molecule has 0 radical (unpaired) electrons. The van der Waals surface area contributed by atoms with Crippen LogP contribution in [0.5, 0.6) is 5.75 Å².